The molecule has 0 bridgehead atoms. The Morgan fingerprint density at radius 2 is 1.79 bits per heavy atom. The van der Waals surface area contributed by atoms with Crippen LogP contribution in [-0.2, 0) is 0 Å². The topological polar surface area (TPSA) is 35.5 Å². The molecule has 1 aliphatic heterocycles. The maximum absolute atomic E-state index is 10.4. The smallest absolute Gasteiger partial charge is 0.0695 e. The lowest BCUT2D eigenvalue weighted by molar-refractivity contribution is 0.0325. The van der Waals surface area contributed by atoms with Crippen LogP contribution in [0, 0.1) is 5.92 Å². The summed E-state index contributed by atoms with van der Waals surface area (Å²) in [6.07, 6.45) is 9.76. The van der Waals surface area contributed by atoms with E-state index < -0.39 is 0 Å². The lowest BCUT2D eigenvalue weighted by atomic mass is 9.95. The summed E-state index contributed by atoms with van der Waals surface area (Å²) >= 11 is 0. The SMILES string of the molecule is CCCN(CC1CCNCC1)C1CCCCCC1O. The Morgan fingerprint density at radius 1 is 1.05 bits per heavy atom. The fourth-order valence-corrected chi connectivity index (χ4v) is 3.77. The van der Waals surface area contributed by atoms with Crippen LogP contribution < -0.4 is 5.32 Å². The summed E-state index contributed by atoms with van der Waals surface area (Å²) in [7, 11) is 0. The van der Waals surface area contributed by atoms with E-state index in [2.05, 4.69) is 17.1 Å². The van der Waals surface area contributed by atoms with Crippen molar-refractivity contribution in [3.8, 4) is 0 Å². The Hall–Kier alpha value is -0.120. The summed E-state index contributed by atoms with van der Waals surface area (Å²) in [5, 5.41) is 13.9. The Bertz CT molecular complexity index is 241. The molecule has 0 spiro atoms. The third-order valence-electron chi connectivity index (χ3n) is 4.88. The van der Waals surface area contributed by atoms with Crippen LogP contribution >= 0.6 is 0 Å². The van der Waals surface area contributed by atoms with Gasteiger partial charge in [-0.25, -0.2) is 0 Å². The zero-order valence-corrected chi connectivity index (χ0v) is 12.6. The summed E-state index contributed by atoms with van der Waals surface area (Å²) in [5.41, 5.74) is 0. The Balaban J connectivity index is 1.92. The zero-order valence-electron chi connectivity index (χ0n) is 12.6. The standard InChI is InChI=1S/C16H32N2O/c1-2-12-18(13-14-8-10-17-11-9-14)15-6-4-3-5-7-16(15)19/h14-17,19H,2-13H2,1H3. The van der Waals surface area contributed by atoms with Crippen molar-refractivity contribution in [3.63, 3.8) is 0 Å². The van der Waals surface area contributed by atoms with Crippen LogP contribution in [0.5, 0.6) is 0 Å². The fraction of sp³-hybridized carbons (Fsp3) is 1.00. The van der Waals surface area contributed by atoms with E-state index in [0.717, 1.165) is 18.9 Å². The second kappa shape index (κ2) is 8.23. The van der Waals surface area contributed by atoms with Gasteiger partial charge in [0.1, 0.15) is 0 Å². The van der Waals surface area contributed by atoms with Gasteiger partial charge in [0.15, 0.2) is 0 Å². The highest BCUT2D eigenvalue weighted by Crippen LogP contribution is 2.25. The van der Waals surface area contributed by atoms with Gasteiger partial charge < -0.3 is 10.4 Å². The number of rotatable bonds is 5. The van der Waals surface area contributed by atoms with Crippen LogP contribution in [0.25, 0.3) is 0 Å². The van der Waals surface area contributed by atoms with Crippen LogP contribution in [0.3, 0.4) is 0 Å². The van der Waals surface area contributed by atoms with Crippen molar-refractivity contribution in [3.05, 3.63) is 0 Å². The average Bonchev–Trinajstić information content (AvgIpc) is 2.64. The van der Waals surface area contributed by atoms with Crippen molar-refractivity contribution in [2.75, 3.05) is 26.2 Å². The molecule has 2 N–H and O–H groups in total. The fourth-order valence-electron chi connectivity index (χ4n) is 3.77. The lowest BCUT2D eigenvalue weighted by Gasteiger charge is -2.37. The molecule has 112 valence electrons. The summed E-state index contributed by atoms with van der Waals surface area (Å²) in [6.45, 7) is 6.98. The van der Waals surface area contributed by atoms with Gasteiger partial charge in [-0.2, -0.15) is 0 Å². The monoisotopic (exact) mass is 268 g/mol. The third-order valence-corrected chi connectivity index (χ3v) is 4.88. The molecule has 0 radical (unpaired) electrons. The van der Waals surface area contributed by atoms with Gasteiger partial charge in [-0.15, -0.1) is 0 Å². The average molecular weight is 268 g/mol. The van der Waals surface area contributed by atoms with E-state index in [-0.39, 0.29) is 6.10 Å². The molecule has 3 heteroatoms. The summed E-state index contributed by atoms with van der Waals surface area (Å²) in [5.74, 6) is 0.836. The van der Waals surface area contributed by atoms with Crippen molar-refractivity contribution >= 4 is 0 Å². The molecule has 3 nitrogen and oxygen atoms in total. The van der Waals surface area contributed by atoms with Gasteiger partial charge >= 0.3 is 0 Å². The van der Waals surface area contributed by atoms with Crippen LogP contribution in [-0.4, -0.2) is 48.3 Å². The number of hydrogen-bond donors (Lipinski definition) is 2. The maximum atomic E-state index is 10.4. The number of aliphatic hydroxyl groups excluding tert-OH is 1. The normalized spacial score (nSPS) is 30.5. The highest BCUT2D eigenvalue weighted by Gasteiger charge is 2.28. The Morgan fingerprint density at radius 3 is 2.53 bits per heavy atom. The van der Waals surface area contributed by atoms with Gasteiger partial charge in [-0.05, 0) is 57.7 Å². The first kappa shape index (κ1) is 15.3. The first-order chi connectivity index (χ1) is 9.31. The van der Waals surface area contributed by atoms with E-state index >= 15 is 0 Å². The first-order valence-corrected chi connectivity index (χ1v) is 8.44. The maximum Gasteiger partial charge on any atom is 0.0695 e. The van der Waals surface area contributed by atoms with Crippen molar-refractivity contribution in [1.82, 2.24) is 10.2 Å². The van der Waals surface area contributed by atoms with E-state index in [1.807, 2.05) is 0 Å². The largest absolute Gasteiger partial charge is 0.391 e. The molecule has 2 aliphatic rings. The van der Waals surface area contributed by atoms with Gasteiger partial charge in [-0.3, -0.25) is 4.90 Å². The number of hydrogen-bond acceptors (Lipinski definition) is 3. The van der Waals surface area contributed by atoms with Gasteiger partial charge in [-0.1, -0.05) is 26.2 Å². The van der Waals surface area contributed by atoms with Crippen LogP contribution in [0.4, 0.5) is 0 Å². The first-order valence-electron chi connectivity index (χ1n) is 8.44. The van der Waals surface area contributed by atoms with Crippen LogP contribution in [0.15, 0.2) is 0 Å². The third kappa shape index (κ3) is 4.73. The summed E-state index contributed by atoms with van der Waals surface area (Å²) < 4.78 is 0. The van der Waals surface area contributed by atoms with Crippen LogP contribution in [0.2, 0.25) is 0 Å². The molecule has 2 rings (SSSR count). The second-order valence-electron chi connectivity index (χ2n) is 6.46. The van der Waals surface area contributed by atoms with Crippen molar-refractivity contribution in [2.24, 2.45) is 5.92 Å². The molecule has 2 unspecified atom stereocenters. The summed E-state index contributed by atoms with van der Waals surface area (Å²) in [4.78, 5) is 2.62. The van der Waals surface area contributed by atoms with Crippen molar-refractivity contribution < 1.29 is 5.11 Å². The number of nitrogens with one attached hydrogen (secondary N) is 1. The van der Waals surface area contributed by atoms with Crippen LogP contribution in [0.1, 0.15) is 58.3 Å². The molecule has 0 aromatic carbocycles. The highest BCUT2D eigenvalue weighted by atomic mass is 16.3. The van der Waals surface area contributed by atoms with Crippen molar-refractivity contribution in [2.45, 2.75) is 70.4 Å². The van der Waals surface area contributed by atoms with Gasteiger partial charge in [0.25, 0.3) is 0 Å². The van der Waals surface area contributed by atoms with E-state index in [1.165, 1.54) is 64.6 Å². The predicted molar refractivity (Wildman–Crippen MR) is 80.3 cm³/mol. The molecular formula is C16H32N2O. The number of piperidine rings is 1. The number of aliphatic hydroxyl groups is 1. The molecule has 1 aliphatic carbocycles. The molecule has 0 aromatic rings. The molecule has 0 aromatic heterocycles. The molecular weight excluding hydrogens is 236 g/mol. The van der Waals surface area contributed by atoms with E-state index in [9.17, 15) is 5.11 Å². The minimum absolute atomic E-state index is 0.0873. The molecule has 19 heavy (non-hydrogen) atoms. The molecule has 1 saturated carbocycles. The quantitative estimate of drug-likeness (QED) is 0.752. The van der Waals surface area contributed by atoms with Gasteiger partial charge in [0.2, 0.25) is 0 Å². The molecule has 0 amide bonds. The zero-order chi connectivity index (χ0) is 13.5. The van der Waals surface area contributed by atoms with E-state index in [4.69, 9.17) is 0 Å². The van der Waals surface area contributed by atoms with Gasteiger partial charge in [0, 0.05) is 12.6 Å². The van der Waals surface area contributed by atoms with Crippen molar-refractivity contribution in [1.29, 1.82) is 0 Å². The van der Waals surface area contributed by atoms with E-state index in [0.29, 0.717) is 6.04 Å². The number of nitrogens with zero attached hydrogens (tertiary/aromatic N) is 1. The Labute approximate surface area is 118 Å². The minimum atomic E-state index is -0.0873. The van der Waals surface area contributed by atoms with Gasteiger partial charge in [0.05, 0.1) is 6.10 Å². The van der Waals surface area contributed by atoms with E-state index in [1.54, 1.807) is 0 Å². The molecule has 1 heterocycles. The lowest BCUT2D eigenvalue weighted by Crippen LogP contribution is -2.47. The molecule has 2 atom stereocenters. The Kier molecular flexibility index (Phi) is 6.62. The second-order valence-corrected chi connectivity index (χ2v) is 6.46. The predicted octanol–water partition coefficient (Wildman–Crippen LogP) is 2.39. The molecule has 2 fully saturated rings. The molecule has 1 saturated heterocycles. The highest BCUT2D eigenvalue weighted by molar-refractivity contribution is 4.84. The summed E-state index contributed by atoms with van der Waals surface area (Å²) in [6, 6.07) is 0.428. The minimum Gasteiger partial charge on any atom is -0.391 e.